The quantitative estimate of drug-likeness (QED) is 0.342. The molecule has 0 bridgehead atoms. The summed E-state index contributed by atoms with van der Waals surface area (Å²) in [6.07, 6.45) is 0. The van der Waals surface area contributed by atoms with Crippen molar-refractivity contribution in [1.82, 2.24) is 5.32 Å². The molecule has 5 nitrogen and oxygen atoms in total. The molecule has 17 heavy (non-hydrogen) atoms. The highest BCUT2D eigenvalue weighted by molar-refractivity contribution is 6.26. The molecular weight excluding hydrogens is 220 g/mol. The Hall–Kier alpha value is -2.43. The number of benzene rings is 1. The molecule has 1 aliphatic rings. The fourth-order valence-electron chi connectivity index (χ4n) is 1.71. The predicted octanol–water partition coefficient (Wildman–Crippen LogP) is 0.911. The number of nitrogens with one attached hydrogen (secondary N) is 1. The van der Waals surface area contributed by atoms with Crippen LogP contribution in [0.25, 0.3) is 0 Å². The smallest absolute Gasteiger partial charge is 0.261 e. The molecule has 2 rings (SSSR count). The first kappa shape index (κ1) is 11.1. The molecule has 0 fully saturated rings. The largest absolute Gasteiger partial charge is 0.397 e. The number of anilines is 1. The number of imide groups is 1. The second kappa shape index (κ2) is 3.55. The number of allylic oxidation sites excluding steroid dienone is 1. The molecule has 0 atom stereocenters. The number of nitrogens with two attached hydrogens (primary N) is 1. The van der Waals surface area contributed by atoms with Crippen LogP contribution in [-0.2, 0) is 0 Å². The lowest BCUT2D eigenvalue weighted by Crippen LogP contribution is -2.20. The van der Waals surface area contributed by atoms with Crippen molar-refractivity contribution >= 4 is 23.3 Å². The Morgan fingerprint density at radius 1 is 1.29 bits per heavy atom. The van der Waals surface area contributed by atoms with Crippen molar-refractivity contribution < 1.29 is 14.4 Å². The van der Waals surface area contributed by atoms with Crippen LogP contribution in [0.15, 0.2) is 24.3 Å². The van der Waals surface area contributed by atoms with Crippen molar-refractivity contribution in [3.63, 3.8) is 0 Å². The Morgan fingerprint density at radius 3 is 2.53 bits per heavy atom. The van der Waals surface area contributed by atoms with Crippen molar-refractivity contribution in [2.75, 3.05) is 5.73 Å². The molecule has 0 radical (unpaired) electrons. The normalized spacial score (nSPS) is 13.2. The number of rotatable bonds is 2. The highest BCUT2D eigenvalue weighted by atomic mass is 16.2. The number of Topliss-reactive ketones (excluding diaryl/α,β-unsaturated/α-hetero) is 1. The Bertz CT molecular complexity index is 588. The first-order valence-electron chi connectivity index (χ1n) is 4.92. The van der Waals surface area contributed by atoms with Gasteiger partial charge in [-0.3, -0.25) is 19.7 Å². The molecule has 3 N–H and O–H groups in total. The minimum atomic E-state index is -0.570. The predicted molar refractivity (Wildman–Crippen MR) is 61.8 cm³/mol. The molecule has 0 aliphatic carbocycles. The van der Waals surface area contributed by atoms with Gasteiger partial charge in [-0.05, 0) is 24.6 Å². The summed E-state index contributed by atoms with van der Waals surface area (Å²) in [4.78, 5) is 34.6. The van der Waals surface area contributed by atoms with Crippen LogP contribution in [0.1, 0.15) is 38.0 Å². The summed E-state index contributed by atoms with van der Waals surface area (Å²) >= 11 is 0. The van der Waals surface area contributed by atoms with Gasteiger partial charge >= 0.3 is 0 Å². The zero-order chi connectivity index (χ0) is 12.7. The third-order valence-corrected chi connectivity index (χ3v) is 2.58. The molecule has 1 aliphatic heterocycles. The van der Waals surface area contributed by atoms with Crippen LogP contribution < -0.4 is 11.1 Å². The van der Waals surface area contributed by atoms with Crippen LogP contribution in [0.5, 0.6) is 0 Å². The van der Waals surface area contributed by atoms with Gasteiger partial charge in [-0.15, -0.1) is 0 Å². The van der Waals surface area contributed by atoms with Gasteiger partial charge in [-0.2, -0.15) is 0 Å². The molecule has 0 unspecified atom stereocenters. The summed E-state index contributed by atoms with van der Waals surface area (Å²) in [6.45, 7) is 5.08. The summed E-state index contributed by atoms with van der Waals surface area (Å²) in [5, 5.41) is 2.13. The van der Waals surface area contributed by atoms with Gasteiger partial charge in [0.05, 0.1) is 16.8 Å². The summed E-state index contributed by atoms with van der Waals surface area (Å²) in [5.74, 6) is -1.40. The van der Waals surface area contributed by atoms with E-state index in [4.69, 9.17) is 5.73 Å². The van der Waals surface area contributed by atoms with E-state index in [-0.39, 0.29) is 28.2 Å². The fraction of sp³-hybridized carbons (Fsp3) is 0.0833. The third kappa shape index (κ3) is 1.52. The summed E-state index contributed by atoms with van der Waals surface area (Å²) in [5.41, 5.74) is 6.57. The molecule has 0 spiro atoms. The third-order valence-electron chi connectivity index (χ3n) is 2.58. The summed E-state index contributed by atoms with van der Waals surface area (Å²) in [7, 11) is 0. The molecule has 2 amide bonds. The van der Waals surface area contributed by atoms with Gasteiger partial charge in [0.2, 0.25) is 0 Å². The zero-order valence-corrected chi connectivity index (χ0v) is 9.16. The van der Waals surface area contributed by atoms with E-state index in [0.717, 1.165) is 0 Å². The van der Waals surface area contributed by atoms with Crippen LogP contribution in [0.4, 0.5) is 5.69 Å². The van der Waals surface area contributed by atoms with Crippen LogP contribution in [0.2, 0.25) is 0 Å². The standard InChI is InChI=1S/C12H10N2O3/c1-5(2)10(15)7-4-3-6-8(9(7)13)12(17)14-11(6)16/h3-4H,1,13H2,2H3,(H,14,16,17). The van der Waals surface area contributed by atoms with Gasteiger partial charge < -0.3 is 5.73 Å². The molecule has 1 heterocycles. The van der Waals surface area contributed by atoms with E-state index >= 15 is 0 Å². The fourth-order valence-corrected chi connectivity index (χ4v) is 1.71. The minimum absolute atomic E-state index is 0.0267. The van der Waals surface area contributed by atoms with Gasteiger partial charge in [0.15, 0.2) is 5.78 Å². The second-order valence-electron chi connectivity index (χ2n) is 3.84. The lowest BCUT2D eigenvalue weighted by atomic mass is 9.97. The topological polar surface area (TPSA) is 89.3 Å². The maximum Gasteiger partial charge on any atom is 0.261 e. The van der Waals surface area contributed by atoms with Crippen LogP contribution in [0, 0.1) is 0 Å². The highest BCUT2D eigenvalue weighted by Gasteiger charge is 2.31. The van der Waals surface area contributed by atoms with Crippen molar-refractivity contribution in [3.05, 3.63) is 41.0 Å². The number of hydrogen-bond donors (Lipinski definition) is 2. The zero-order valence-electron chi connectivity index (χ0n) is 9.16. The van der Waals surface area contributed by atoms with E-state index in [9.17, 15) is 14.4 Å². The van der Waals surface area contributed by atoms with Crippen LogP contribution in [0.3, 0.4) is 0 Å². The van der Waals surface area contributed by atoms with Crippen LogP contribution in [-0.4, -0.2) is 17.6 Å². The average molecular weight is 230 g/mol. The number of nitrogen functional groups attached to an aromatic ring is 1. The van der Waals surface area contributed by atoms with Gasteiger partial charge in [0.1, 0.15) is 0 Å². The Labute approximate surface area is 97.3 Å². The van der Waals surface area contributed by atoms with Crippen molar-refractivity contribution in [2.45, 2.75) is 6.92 Å². The molecule has 1 aromatic carbocycles. The minimum Gasteiger partial charge on any atom is -0.397 e. The maximum absolute atomic E-state index is 11.8. The van der Waals surface area contributed by atoms with E-state index in [1.807, 2.05) is 0 Å². The van der Waals surface area contributed by atoms with Gasteiger partial charge in [0.25, 0.3) is 11.8 Å². The van der Waals surface area contributed by atoms with Crippen molar-refractivity contribution in [3.8, 4) is 0 Å². The molecule has 1 aromatic rings. The van der Waals surface area contributed by atoms with Crippen molar-refractivity contribution in [2.24, 2.45) is 0 Å². The summed E-state index contributed by atoms with van der Waals surface area (Å²) in [6, 6.07) is 2.85. The monoisotopic (exact) mass is 230 g/mol. The average Bonchev–Trinajstić information content (AvgIpc) is 2.54. The van der Waals surface area contributed by atoms with E-state index in [0.29, 0.717) is 5.57 Å². The van der Waals surface area contributed by atoms with Gasteiger partial charge in [0, 0.05) is 5.56 Å². The Balaban J connectivity index is 2.66. The lowest BCUT2D eigenvalue weighted by molar-refractivity contribution is 0.0879. The first-order valence-corrected chi connectivity index (χ1v) is 4.92. The maximum atomic E-state index is 11.8. The SMILES string of the molecule is C=C(C)C(=O)c1ccc2c(c1N)C(=O)NC2=O. The lowest BCUT2D eigenvalue weighted by Gasteiger charge is -2.07. The molecule has 5 heteroatoms. The molecule has 0 saturated carbocycles. The molecule has 86 valence electrons. The van der Waals surface area contributed by atoms with E-state index < -0.39 is 11.8 Å². The second-order valence-corrected chi connectivity index (χ2v) is 3.84. The number of carbonyl (C=O) groups is 3. The first-order chi connectivity index (χ1) is 7.93. The number of amides is 2. The number of ketones is 1. The molecular formula is C12H10N2O3. The Morgan fingerprint density at radius 2 is 1.94 bits per heavy atom. The van der Waals surface area contributed by atoms with Gasteiger partial charge in [-0.25, -0.2) is 0 Å². The summed E-state index contributed by atoms with van der Waals surface area (Å²) < 4.78 is 0. The number of fused-ring (bicyclic) bond motifs is 1. The van der Waals surface area contributed by atoms with E-state index in [2.05, 4.69) is 11.9 Å². The van der Waals surface area contributed by atoms with Crippen LogP contribution >= 0.6 is 0 Å². The van der Waals surface area contributed by atoms with E-state index in [1.54, 1.807) is 6.92 Å². The van der Waals surface area contributed by atoms with Gasteiger partial charge in [-0.1, -0.05) is 6.58 Å². The molecule has 0 aromatic heterocycles. The molecule has 0 saturated heterocycles. The number of hydrogen-bond acceptors (Lipinski definition) is 4. The Kier molecular flexibility index (Phi) is 2.31. The highest BCUT2D eigenvalue weighted by Crippen LogP contribution is 2.27. The van der Waals surface area contributed by atoms with E-state index in [1.165, 1.54) is 12.1 Å². The van der Waals surface area contributed by atoms with Crippen molar-refractivity contribution in [1.29, 1.82) is 0 Å². The number of carbonyl (C=O) groups excluding carboxylic acids is 3.